The molecule has 0 radical (unpaired) electrons. The predicted octanol–water partition coefficient (Wildman–Crippen LogP) is 4.81. The van der Waals surface area contributed by atoms with E-state index in [-0.39, 0.29) is 16.2 Å². The van der Waals surface area contributed by atoms with E-state index in [4.69, 9.17) is 4.74 Å². The Morgan fingerprint density at radius 3 is 2.41 bits per heavy atom. The predicted molar refractivity (Wildman–Crippen MR) is 126 cm³/mol. The number of rotatable bonds is 9. The van der Waals surface area contributed by atoms with Crippen LogP contribution < -0.4 is 14.8 Å². The zero-order valence-electron chi connectivity index (χ0n) is 18.4. The van der Waals surface area contributed by atoms with Crippen molar-refractivity contribution >= 4 is 38.1 Å². The molecule has 3 rings (SSSR count). The van der Waals surface area contributed by atoms with Crippen LogP contribution in [0.4, 0.5) is 10.8 Å². The van der Waals surface area contributed by atoms with Gasteiger partial charge in [0.2, 0.25) is 5.13 Å². The van der Waals surface area contributed by atoms with E-state index in [9.17, 15) is 13.2 Å². The first-order chi connectivity index (χ1) is 15.3. The minimum atomic E-state index is -3.99. The molecule has 0 aliphatic carbocycles. The molecule has 0 aliphatic heterocycles. The van der Waals surface area contributed by atoms with E-state index in [0.29, 0.717) is 16.7 Å². The number of benzene rings is 2. The van der Waals surface area contributed by atoms with Crippen molar-refractivity contribution in [3.05, 3.63) is 58.6 Å². The van der Waals surface area contributed by atoms with Crippen LogP contribution in [0.3, 0.4) is 0 Å². The van der Waals surface area contributed by atoms with Crippen molar-refractivity contribution in [2.45, 2.75) is 44.4 Å². The lowest BCUT2D eigenvalue weighted by atomic mass is 10.1. The fourth-order valence-electron chi connectivity index (χ4n) is 3.12. The summed E-state index contributed by atoms with van der Waals surface area (Å²) in [5.74, 6) is -0.0523. The number of aryl methyl sites for hydroxylation is 1. The van der Waals surface area contributed by atoms with Crippen molar-refractivity contribution in [2.75, 3.05) is 17.1 Å². The number of carbonyl (C=O) groups excluding carboxylic acids is 1. The third-order valence-electron chi connectivity index (χ3n) is 5.02. The van der Waals surface area contributed by atoms with Gasteiger partial charge in [-0.05, 0) is 50.1 Å². The molecule has 0 atom stereocenters. The number of aromatic nitrogens is 2. The molecule has 0 fully saturated rings. The van der Waals surface area contributed by atoms with Crippen molar-refractivity contribution in [1.29, 1.82) is 0 Å². The van der Waals surface area contributed by atoms with Crippen LogP contribution in [0.25, 0.3) is 0 Å². The monoisotopic (exact) mass is 474 g/mol. The van der Waals surface area contributed by atoms with Crippen LogP contribution in [-0.4, -0.2) is 31.6 Å². The van der Waals surface area contributed by atoms with E-state index in [1.165, 1.54) is 36.6 Å². The molecule has 0 unspecified atom stereocenters. The summed E-state index contributed by atoms with van der Waals surface area (Å²) in [6.07, 6.45) is 1.87. The summed E-state index contributed by atoms with van der Waals surface area (Å²) in [5, 5.41) is 12.2. The van der Waals surface area contributed by atoms with Gasteiger partial charge in [-0.3, -0.25) is 14.8 Å². The molecule has 10 heteroatoms. The van der Waals surface area contributed by atoms with Crippen LogP contribution in [0.1, 0.15) is 53.5 Å². The molecule has 0 spiro atoms. The summed E-state index contributed by atoms with van der Waals surface area (Å²) in [5.41, 5.74) is 1.58. The smallest absolute Gasteiger partial charge is 0.265 e. The fourth-order valence-corrected chi connectivity index (χ4v) is 5.38. The number of anilines is 2. The number of nitrogens with zero attached hydrogens (tertiary/aromatic N) is 2. The summed E-state index contributed by atoms with van der Waals surface area (Å²) < 4.78 is 33.7. The zero-order chi connectivity index (χ0) is 23.3. The van der Waals surface area contributed by atoms with Gasteiger partial charge >= 0.3 is 0 Å². The zero-order valence-corrected chi connectivity index (χ0v) is 20.0. The third kappa shape index (κ3) is 5.43. The summed E-state index contributed by atoms with van der Waals surface area (Å²) in [6.45, 7) is 6.07. The van der Waals surface area contributed by atoms with Gasteiger partial charge in [0.1, 0.15) is 15.7 Å². The first kappa shape index (κ1) is 23.7. The highest BCUT2D eigenvalue weighted by molar-refractivity contribution is 7.92. The summed E-state index contributed by atoms with van der Waals surface area (Å²) in [7, 11) is -2.62. The Kier molecular flexibility index (Phi) is 7.47. The van der Waals surface area contributed by atoms with Gasteiger partial charge in [-0.2, -0.15) is 0 Å². The minimum absolute atomic E-state index is 0.132. The second-order valence-electron chi connectivity index (χ2n) is 7.25. The van der Waals surface area contributed by atoms with Crippen molar-refractivity contribution < 1.29 is 17.9 Å². The van der Waals surface area contributed by atoms with Crippen molar-refractivity contribution in [3.8, 4) is 5.75 Å². The highest BCUT2D eigenvalue weighted by Crippen LogP contribution is 2.30. The first-order valence-corrected chi connectivity index (χ1v) is 12.5. The summed E-state index contributed by atoms with van der Waals surface area (Å²) >= 11 is 1.32. The molecule has 0 saturated carbocycles. The van der Waals surface area contributed by atoms with Gasteiger partial charge in [-0.15, -0.1) is 10.2 Å². The van der Waals surface area contributed by atoms with Crippen molar-refractivity contribution in [1.82, 2.24) is 10.2 Å². The molecule has 1 amide bonds. The van der Waals surface area contributed by atoms with E-state index < -0.39 is 15.9 Å². The number of amides is 1. The molecular formula is C22H26N4O4S2. The van der Waals surface area contributed by atoms with Crippen LogP contribution in [0.15, 0.2) is 47.4 Å². The summed E-state index contributed by atoms with van der Waals surface area (Å²) in [6, 6.07) is 11.2. The SMILES string of the molecule is CCC(CC)c1nnc(NC(=O)c2ccc(OC)c(S(=O)(=O)Nc3ccc(C)cc3)c2)s1. The lowest BCUT2D eigenvalue weighted by Gasteiger charge is -2.13. The second kappa shape index (κ2) is 10.1. The fraction of sp³-hybridized carbons (Fsp3) is 0.318. The van der Waals surface area contributed by atoms with E-state index in [0.717, 1.165) is 23.4 Å². The average Bonchev–Trinajstić information content (AvgIpc) is 3.23. The van der Waals surface area contributed by atoms with Crippen LogP contribution in [0.5, 0.6) is 5.75 Å². The highest BCUT2D eigenvalue weighted by atomic mass is 32.2. The number of methoxy groups -OCH3 is 1. The molecule has 0 saturated heterocycles. The second-order valence-corrected chi connectivity index (χ2v) is 9.91. The first-order valence-electron chi connectivity index (χ1n) is 10.2. The number of nitrogens with one attached hydrogen (secondary N) is 2. The van der Waals surface area contributed by atoms with E-state index in [2.05, 4.69) is 34.1 Å². The van der Waals surface area contributed by atoms with Gasteiger partial charge in [-0.1, -0.05) is 42.9 Å². The van der Waals surface area contributed by atoms with Crippen LogP contribution in [0.2, 0.25) is 0 Å². The molecular weight excluding hydrogens is 448 g/mol. The molecule has 170 valence electrons. The number of sulfonamides is 1. The van der Waals surface area contributed by atoms with Crippen LogP contribution in [-0.2, 0) is 10.0 Å². The molecule has 8 nitrogen and oxygen atoms in total. The largest absolute Gasteiger partial charge is 0.495 e. The topological polar surface area (TPSA) is 110 Å². The van der Waals surface area contributed by atoms with E-state index in [1.54, 1.807) is 24.3 Å². The molecule has 1 aromatic heterocycles. The van der Waals surface area contributed by atoms with E-state index >= 15 is 0 Å². The molecule has 1 heterocycles. The van der Waals surface area contributed by atoms with Gasteiger partial charge in [0.05, 0.1) is 7.11 Å². The Morgan fingerprint density at radius 1 is 1.09 bits per heavy atom. The molecule has 0 aliphatic rings. The maximum absolute atomic E-state index is 13.0. The number of hydrogen-bond acceptors (Lipinski definition) is 7. The van der Waals surface area contributed by atoms with Gasteiger partial charge in [0.25, 0.3) is 15.9 Å². The van der Waals surface area contributed by atoms with Gasteiger partial charge in [0, 0.05) is 17.2 Å². The quantitative estimate of drug-likeness (QED) is 0.460. The van der Waals surface area contributed by atoms with Gasteiger partial charge in [0.15, 0.2) is 0 Å². The highest BCUT2D eigenvalue weighted by Gasteiger charge is 2.23. The maximum Gasteiger partial charge on any atom is 0.265 e. The van der Waals surface area contributed by atoms with Crippen molar-refractivity contribution in [3.63, 3.8) is 0 Å². The Balaban J connectivity index is 1.85. The molecule has 2 aromatic carbocycles. The number of ether oxygens (including phenoxy) is 1. The Labute approximate surface area is 192 Å². The number of carbonyl (C=O) groups is 1. The molecule has 0 bridgehead atoms. The van der Waals surface area contributed by atoms with Gasteiger partial charge in [-0.25, -0.2) is 8.42 Å². The van der Waals surface area contributed by atoms with Gasteiger partial charge < -0.3 is 4.74 Å². The molecule has 2 N–H and O–H groups in total. The lowest BCUT2D eigenvalue weighted by molar-refractivity contribution is 0.102. The van der Waals surface area contributed by atoms with Crippen LogP contribution in [0, 0.1) is 6.92 Å². The Bertz CT molecular complexity index is 1190. The third-order valence-corrected chi connectivity index (χ3v) is 7.42. The van der Waals surface area contributed by atoms with Crippen LogP contribution >= 0.6 is 11.3 Å². The Hall–Kier alpha value is -2.98. The van der Waals surface area contributed by atoms with E-state index in [1.807, 2.05) is 6.92 Å². The minimum Gasteiger partial charge on any atom is -0.495 e. The standard InChI is InChI=1S/C22H26N4O4S2/c1-5-15(6-2)21-24-25-22(31-21)23-20(27)16-9-12-18(30-4)19(13-16)32(28,29)26-17-10-7-14(3)8-11-17/h7-13,15,26H,5-6H2,1-4H3,(H,23,25,27). The maximum atomic E-state index is 13.0. The number of hydrogen-bond donors (Lipinski definition) is 2. The molecule has 3 aromatic rings. The normalized spacial score (nSPS) is 11.4. The Morgan fingerprint density at radius 2 is 1.78 bits per heavy atom. The average molecular weight is 475 g/mol. The summed E-state index contributed by atoms with van der Waals surface area (Å²) in [4.78, 5) is 12.6. The van der Waals surface area contributed by atoms with Crippen molar-refractivity contribution in [2.24, 2.45) is 0 Å². The lowest BCUT2D eigenvalue weighted by Crippen LogP contribution is -2.17. The molecule has 32 heavy (non-hydrogen) atoms.